The second-order valence-electron chi connectivity index (χ2n) is 5.28. The molecule has 2 heterocycles. The summed E-state index contributed by atoms with van der Waals surface area (Å²) >= 11 is 0. The molecule has 0 spiro atoms. The van der Waals surface area contributed by atoms with Gasteiger partial charge >= 0.3 is 0 Å². The third-order valence-corrected chi connectivity index (χ3v) is 3.37. The van der Waals surface area contributed by atoms with Crippen LogP contribution in [-0.2, 0) is 5.60 Å². The Labute approximate surface area is 118 Å². The van der Waals surface area contributed by atoms with Crippen molar-refractivity contribution in [1.29, 1.82) is 0 Å². The molecule has 2 aromatic rings. The fourth-order valence-corrected chi connectivity index (χ4v) is 2.38. The predicted octanol–water partition coefficient (Wildman–Crippen LogP) is 2.14. The molecule has 0 saturated heterocycles. The highest BCUT2D eigenvalue weighted by molar-refractivity contribution is 5.73. The molecule has 1 aliphatic heterocycles. The Morgan fingerprint density at radius 1 is 1.30 bits per heavy atom. The van der Waals surface area contributed by atoms with Crippen molar-refractivity contribution in [2.45, 2.75) is 19.4 Å². The summed E-state index contributed by atoms with van der Waals surface area (Å²) in [6, 6.07) is 7.94. The van der Waals surface area contributed by atoms with Crippen LogP contribution in [0.1, 0.15) is 19.4 Å². The number of hydrogen-bond acceptors (Lipinski definition) is 5. The lowest BCUT2D eigenvalue weighted by Gasteiger charge is -2.33. The standard InChI is InChI=1S/C15H18N4O/c1-15(2)11-9-18-14(17-8-7-16)19-13(11)10-5-3-4-6-12(10)20-15/h3-6,9H,7-8,16H2,1-2H3,(H,17,18,19). The van der Waals surface area contributed by atoms with E-state index in [-0.39, 0.29) is 0 Å². The molecule has 1 aliphatic rings. The molecule has 0 atom stereocenters. The highest BCUT2D eigenvalue weighted by atomic mass is 16.5. The van der Waals surface area contributed by atoms with E-state index < -0.39 is 5.60 Å². The van der Waals surface area contributed by atoms with Gasteiger partial charge in [0.15, 0.2) is 0 Å². The maximum atomic E-state index is 6.05. The maximum Gasteiger partial charge on any atom is 0.223 e. The number of aromatic nitrogens is 2. The summed E-state index contributed by atoms with van der Waals surface area (Å²) in [4.78, 5) is 8.97. The van der Waals surface area contributed by atoms with E-state index in [0.717, 1.165) is 22.6 Å². The van der Waals surface area contributed by atoms with E-state index in [1.54, 1.807) is 0 Å². The monoisotopic (exact) mass is 270 g/mol. The van der Waals surface area contributed by atoms with Gasteiger partial charge in [-0.15, -0.1) is 0 Å². The van der Waals surface area contributed by atoms with E-state index in [9.17, 15) is 0 Å². The Morgan fingerprint density at radius 2 is 2.10 bits per heavy atom. The Kier molecular flexibility index (Phi) is 3.06. The molecule has 0 radical (unpaired) electrons. The quantitative estimate of drug-likeness (QED) is 0.894. The molecule has 1 aromatic carbocycles. The molecular weight excluding hydrogens is 252 g/mol. The smallest absolute Gasteiger partial charge is 0.223 e. The number of anilines is 1. The molecule has 3 N–H and O–H groups in total. The molecule has 0 aliphatic carbocycles. The van der Waals surface area contributed by atoms with Crippen LogP contribution >= 0.6 is 0 Å². The second-order valence-corrected chi connectivity index (χ2v) is 5.28. The van der Waals surface area contributed by atoms with Gasteiger partial charge in [-0.2, -0.15) is 0 Å². The van der Waals surface area contributed by atoms with Crippen molar-refractivity contribution in [1.82, 2.24) is 9.97 Å². The molecule has 1 aromatic heterocycles. The first kappa shape index (κ1) is 12.9. The van der Waals surface area contributed by atoms with Crippen LogP contribution in [0.3, 0.4) is 0 Å². The van der Waals surface area contributed by atoms with Crippen molar-refractivity contribution in [3.05, 3.63) is 36.0 Å². The lowest BCUT2D eigenvalue weighted by atomic mass is 9.91. The molecule has 0 fully saturated rings. The lowest BCUT2D eigenvalue weighted by molar-refractivity contribution is 0.105. The minimum Gasteiger partial charge on any atom is -0.482 e. The van der Waals surface area contributed by atoms with Crippen molar-refractivity contribution in [2.24, 2.45) is 5.73 Å². The topological polar surface area (TPSA) is 73.1 Å². The molecule has 104 valence electrons. The van der Waals surface area contributed by atoms with Gasteiger partial charge in [-0.1, -0.05) is 12.1 Å². The van der Waals surface area contributed by atoms with Gasteiger partial charge in [0, 0.05) is 30.4 Å². The Bertz CT molecular complexity index is 640. The molecule has 5 nitrogen and oxygen atoms in total. The molecule has 20 heavy (non-hydrogen) atoms. The number of fused-ring (bicyclic) bond motifs is 3. The SMILES string of the molecule is CC1(C)Oc2ccccc2-c2nc(NCCN)ncc21. The highest BCUT2D eigenvalue weighted by Gasteiger charge is 2.34. The van der Waals surface area contributed by atoms with Crippen LogP contribution in [0.5, 0.6) is 5.75 Å². The van der Waals surface area contributed by atoms with E-state index in [2.05, 4.69) is 15.3 Å². The highest BCUT2D eigenvalue weighted by Crippen LogP contribution is 2.43. The van der Waals surface area contributed by atoms with Gasteiger partial charge in [0.25, 0.3) is 0 Å². The molecule has 0 unspecified atom stereocenters. The zero-order chi connectivity index (χ0) is 14.2. The Morgan fingerprint density at radius 3 is 2.90 bits per heavy atom. The maximum absolute atomic E-state index is 6.05. The molecule has 0 bridgehead atoms. The molecular formula is C15H18N4O. The zero-order valence-electron chi connectivity index (χ0n) is 11.7. The van der Waals surface area contributed by atoms with Crippen LogP contribution in [0.25, 0.3) is 11.3 Å². The van der Waals surface area contributed by atoms with E-state index in [4.69, 9.17) is 10.5 Å². The van der Waals surface area contributed by atoms with Gasteiger partial charge in [0.2, 0.25) is 5.95 Å². The first-order chi connectivity index (χ1) is 9.62. The summed E-state index contributed by atoms with van der Waals surface area (Å²) in [5.74, 6) is 1.45. The lowest BCUT2D eigenvalue weighted by Crippen LogP contribution is -2.30. The average Bonchev–Trinajstić information content (AvgIpc) is 2.44. The summed E-state index contributed by atoms with van der Waals surface area (Å²) in [5.41, 5.74) is 7.98. The van der Waals surface area contributed by atoms with Gasteiger partial charge in [-0.05, 0) is 26.0 Å². The number of nitrogens with zero attached hydrogens (tertiary/aromatic N) is 2. The summed E-state index contributed by atoms with van der Waals surface area (Å²) in [6.45, 7) is 5.25. The van der Waals surface area contributed by atoms with Crippen molar-refractivity contribution < 1.29 is 4.74 Å². The van der Waals surface area contributed by atoms with Gasteiger partial charge < -0.3 is 15.8 Å². The minimum absolute atomic E-state index is 0.434. The summed E-state index contributed by atoms with van der Waals surface area (Å²) < 4.78 is 6.05. The molecule has 3 rings (SSSR count). The van der Waals surface area contributed by atoms with Gasteiger partial charge in [-0.25, -0.2) is 9.97 Å². The van der Waals surface area contributed by atoms with E-state index in [1.165, 1.54) is 0 Å². The van der Waals surface area contributed by atoms with E-state index in [1.807, 2.05) is 44.3 Å². The number of para-hydroxylation sites is 1. The Balaban J connectivity index is 2.12. The molecule has 5 heteroatoms. The van der Waals surface area contributed by atoms with Crippen LogP contribution < -0.4 is 15.8 Å². The summed E-state index contributed by atoms with van der Waals surface area (Å²) in [5, 5.41) is 3.11. The van der Waals surface area contributed by atoms with Crippen molar-refractivity contribution in [2.75, 3.05) is 18.4 Å². The van der Waals surface area contributed by atoms with Crippen LogP contribution in [-0.4, -0.2) is 23.1 Å². The molecule has 0 saturated carbocycles. The van der Waals surface area contributed by atoms with E-state index in [0.29, 0.717) is 19.0 Å². The number of benzene rings is 1. The normalized spacial score (nSPS) is 14.9. The second kappa shape index (κ2) is 4.76. The van der Waals surface area contributed by atoms with Crippen LogP contribution in [0.2, 0.25) is 0 Å². The first-order valence-corrected chi connectivity index (χ1v) is 6.72. The van der Waals surface area contributed by atoms with Crippen molar-refractivity contribution >= 4 is 5.95 Å². The third-order valence-electron chi connectivity index (χ3n) is 3.37. The summed E-state index contributed by atoms with van der Waals surface area (Å²) in [6.07, 6.45) is 1.83. The van der Waals surface area contributed by atoms with Crippen molar-refractivity contribution in [3.63, 3.8) is 0 Å². The molecule has 0 amide bonds. The Hall–Kier alpha value is -2.14. The fraction of sp³-hybridized carbons (Fsp3) is 0.333. The van der Waals surface area contributed by atoms with E-state index >= 15 is 0 Å². The van der Waals surface area contributed by atoms with Crippen LogP contribution in [0, 0.1) is 0 Å². The van der Waals surface area contributed by atoms with Crippen LogP contribution in [0.15, 0.2) is 30.5 Å². The number of rotatable bonds is 3. The fourth-order valence-electron chi connectivity index (χ4n) is 2.38. The van der Waals surface area contributed by atoms with Crippen LogP contribution in [0.4, 0.5) is 5.95 Å². The predicted molar refractivity (Wildman–Crippen MR) is 78.7 cm³/mol. The van der Waals surface area contributed by atoms with Gasteiger partial charge in [0.1, 0.15) is 11.4 Å². The number of nitrogens with one attached hydrogen (secondary N) is 1. The number of nitrogens with two attached hydrogens (primary N) is 1. The van der Waals surface area contributed by atoms with Gasteiger partial charge in [-0.3, -0.25) is 0 Å². The largest absolute Gasteiger partial charge is 0.482 e. The average molecular weight is 270 g/mol. The minimum atomic E-state index is -0.434. The third kappa shape index (κ3) is 2.10. The zero-order valence-corrected chi connectivity index (χ0v) is 11.7. The van der Waals surface area contributed by atoms with Crippen molar-refractivity contribution in [3.8, 4) is 17.0 Å². The summed E-state index contributed by atoms with van der Waals surface area (Å²) in [7, 11) is 0. The first-order valence-electron chi connectivity index (χ1n) is 6.72. The van der Waals surface area contributed by atoms with Gasteiger partial charge in [0.05, 0.1) is 5.69 Å². The number of hydrogen-bond donors (Lipinski definition) is 2. The number of ether oxygens (including phenoxy) is 1.